The molecule has 0 N–H and O–H groups in total. The molecular formula is C18H22N2O2+2. The number of ether oxygens (including phenoxy) is 1. The first-order valence-corrected chi connectivity index (χ1v) is 7.33. The molecule has 114 valence electrons. The Labute approximate surface area is 131 Å². The minimum absolute atomic E-state index is 0.322. The lowest BCUT2D eigenvalue weighted by molar-refractivity contribution is -0.697. The highest BCUT2D eigenvalue weighted by Gasteiger charge is 2.06. The van der Waals surface area contributed by atoms with E-state index < -0.39 is 0 Å². The molecule has 0 fully saturated rings. The monoisotopic (exact) mass is 298 g/mol. The fourth-order valence-electron chi connectivity index (χ4n) is 2.03. The van der Waals surface area contributed by atoms with Crippen molar-refractivity contribution in [2.75, 3.05) is 6.61 Å². The van der Waals surface area contributed by atoms with E-state index in [0.717, 1.165) is 13.0 Å². The summed E-state index contributed by atoms with van der Waals surface area (Å²) in [7, 11) is 2.00. The van der Waals surface area contributed by atoms with E-state index in [1.54, 1.807) is 6.92 Å². The van der Waals surface area contributed by atoms with Crippen LogP contribution >= 0.6 is 0 Å². The molecule has 0 bridgehead atoms. The maximum atomic E-state index is 11.2. The minimum atomic E-state index is -0.322. The lowest BCUT2D eigenvalue weighted by Crippen LogP contribution is -2.33. The summed E-state index contributed by atoms with van der Waals surface area (Å²) in [5.41, 5.74) is 2.82. The van der Waals surface area contributed by atoms with Gasteiger partial charge in [-0.15, -0.1) is 0 Å². The van der Waals surface area contributed by atoms with E-state index in [9.17, 15) is 4.79 Å². The van der Waals surface area contributed by atoms with Crippen LogP contribution in [0.25, 0.3) is 11.1 Å². The van der Waals surface area contributed by atoms with Crippen LogP contribution in [-0.4, -0.2) is 12.6 Å². The number of carbonyl (C=O) groups is 1. The Balaban J connectivity index is 1.86. The summed E-state index contributed by atoms with van der Waals surface area (Å²) in [6.45, 7) is 6.43. The molecule has 0 aromatic carbocycles. The van der Waals surface area contributed by atoms with E-state index in [1.165, 1.54) is 11.1 Å². The summed E-state index contributed by atoms with van der Waals surface area (Å²) in [6, 6.07) is 8.37. The molecule has 0 unspecified atom stereocenters. The Morgan fingerprint density at radius 2 is 1.64 bits per heavy atom. The predicted molar refractivity (Wildman–Crippen MR) is 83.6 cm³/mol. The van der Waals surface area contributed by atoms with Gasteiger partial charge in [-0.05, 0) is 18.1 Å². The number of esters is 1. The summed E-state index contributed by atoms with van der Waals surface area (Å²) in [4.78, 5) is 11.2. The zero-order valence-electron chi connectivity index (χ0n) is 13.2. The number of carbonyl (C=O) groups excluding carboxylic acids is 1. The van der Waals surface area contributed by atoms with Crippen molar-refractivity contribution in [2.45, 2.75) is 19.9 Å². The SMILES string of the molecule is C=C(C)C(=O)OCCC[n+]1ccc(-c2cc[n+](C)cc2)cc1. The Bertz CT molecular complexity index is 646. The highest BCUT2D eigenvalue weighted by atomic mass is 16.5. The molecule has 0 saturated heterocycles. The molecule has 0 atom stereocenters. The van der Waals surface area contributed by atoms with Crippen molar-refractivity contribution < 1.29 is 18.7 Å². The molecule has 0 aliphatic rings. The van der Waals surface area contributed by atoms with E-state index in [0.29, 0.717) is 12.2 Å². The Morgan fingerprint density at radius 1 is 1.09 bits per heavy atom. The fraction of sp³-hybridized carbons (Fsp3) is 0.278. The third-order valence-electron chi connectivity index (χ3n) is 3.35. The van der Waals surface area contributed by atoms with E-state index in [4.69, 9.17) is 4.74 Å². The molecule has 2 aromatic rings. The number of nitrogens with zero attached hydrogens (tertiary/aromatic N) is 2. The number of aryl methyl sites for hydroxylation is 2. The van der Waals surface area contributed by atoms with Crippen LogP contribution < -0.4 is 9.13 Å². The maximum Gasteiger partial charge on any atom is 0.333 e. The maximum absolute atomic E-state index is 11.2. The Morgan fingerprint density at radius 3 is 2.18 bits per heavy atom. The average Bonchev–Trinajstić information content (AvgIpc) is 2.52. The van der Waals surface area contributed by atoms with Crippen molar-refractivity contribution in [3.8, 4) is 11.1 Å². The van der Waals surface area contributed by atoms with Crippen molar-refractivity contribution in [2.24, 2.45) is 7.05 Å². The third-order valence-corrected chi connectivity index (χ3v) is 3.35. The summed E-state index contributed by atoms with van der Waals surface area (Å²) in [5, 5.41) is 0. The first-order valence-electron chi connectivity index (χ1n) is 7.33. The molecule has 0 amide bonds. The van der Waals surface area contributed by atoms with Crippen molar-refractivity contribution >= 4 is 5.97 Å². The molecule has 4 heteroatoms. The normalized spacial score (nSPS) is 10.3. The van der Waals surface area contributed by atoms with Gasteiger partial charge in [-0.3, -0.25) is 0 Å². The van der Waals surface area contributed by atoms with Crippen molar-refractivity contribution in [3.63, 3.8) is 0 Å². The quantitative estimate of drug-likeness (QED) is 0.354. The molecule has 0 spiro atoms. The van der Waals surface area contributed by atoms with Crippen molar-refractivity contribution in [1.29, 1.82) is 0 Å². The molecule has 0 radical (unpaired) electrons. The van der Waals surface area contributed by atoms with Gasteiger partial charge in [0.15, 0.2) is 31.3 Å². The molecule has 2 rings (SSSR count). The van der Waals surface area contributed by atoms with E-state index >= 15 is 0 Å². The smallest absolute Gasteiger partial charge is 0.333 e. The molecular weight excluding hydrogens is 276 g/mol. The van der Waals surface area contributed by atoms with Crippen molar-refractivity contribution in [1.82, 2.24) is 0 Å². The van der Waals surface area contributed by atoms with E-state index in [-0.39, 0.29) is 5.97 Å². The second-order valence-electron chi connectivity index (χ2n) is 5.35. The van der Waals surface area contributed by atoms with Crippen LogP contribution in [0, 0.1) is 0 Å². The Kier molecular flexibility index (Phi) is 5.42. The fourth-order valence-corrected chi connectivity index (χ4v) is 2.03. The summed E-state index contributed by atoms with van der Waals surface area (Å²) >= 11 is 0. The molecule has 0 aliphatic heterocycles. The van der Waals surface area contributed by atoms with Gasteiger partial charge < -0.3 is 4.74 Å². The van der Waals surface area contributed by atoms with Crippen LogP contribution in [0.5, 0.6) is 0 Å². The predicted octanol–water partition coefficient (Wildman–Crippen LogP) is 1.97. The van der Waals surface area contributed by atoms with Gasteiger partial charge in [0, 0.05) is 36.3 Å². The van der Waals surface area contributed by atoms with Crippen LogP contribution in [0.3, 0.4) is 0 Å². The standard InChI is InChI=1S/C18H22N2O2/c1-15(2)18(21)22-14-4-9-20-12-7-17(8-13-20)16-5-10-19(3)11-6-16/h5-8,10-13H,1,4,9,14H2,2-3H3/q+2. The molecule has 0 saturated carbocycles. The molecule has 2 heterocycles. The van der Waals surface area contributed by atoms with Gasteiger partial charge >= 0.3 is 5.97 Å². The van der Waals surface area contributed by atoms with Gasteiger partial charge in [-0.25, -0.2) is 13.9 Å². The topological polar surface area (TPSA) is 34.1 Å². The van der Waals surface area contributed by atoms with Gasteiger partial charge in [-0.1, -0.05) is 6.58 Å². The van der Waals surface area contributed by atoms with Crippen LogP contribution in [0.4, 0.5) is 0 Å². The van der Waals surface area contributed by atoms with Gasteiger partial charge in [0.2, 0.25) is 0 Å². The second kappa shape index (κ2) is 7.50. The van der Waals surface area contributed by atoms with E-state index in [1.807, 2.05) is 36.4 Å². The van der Waals surface area contributed by atoms with Crippen molar-refractivity contribution in [3.05, 3.63) is 61.2 Å². The molecule has 4 nitrogen and oxygen atoms in total. The third kappa shape index (κ3) is 4.52. The first kappa shape index (κ1) is 15.9. The number of rotatable bonds is 6. The largest absolute Gasteiger partial charge is 0.462 e. The summed E-state index contributed by atoms with van der Waals surface area (Å²) in [6.07, 6.45) is 8.94. The second-order valence-corrected chi connectivity index (χ2v) is 5.35. The van der Waals surface area contributed by atoms with E-state index in [2.05, 4.69) is 35.4 Å². The lowest BCUT2D eigenvalue weighted by Gasteiger charge is -2.03. The van der Waals surface area contributed by atoms with Gasteiger partial charge in [0.05, 0.1) is 6.61 Å². The first-order chi connectivity index (χ1) is 10.6. The number of pyridine rings is 2. The minimum Gasteiger partial charge on any atom is -0.462 e. The lowest BCUT2D eigenvalue weighted by atomic mass is 10.1. The summed E-state index contributed by atoms with van der Waals surface area (Å²) in [5.74, 6) is -0.322. The van der Waals surface area contributed by atoms with Crippen LogP contribution in [0.2, 0.25) is 0 Å². The average molecular weight is 298 g/mol. The van der Waals surface area contributed by atoms with Gasteiger partial charge in [-0.2, -0.15) is 0 Å². The zero-order chi connectivity index (χ0) is 15.9. The highest BCUT2D eigenvalue weighted by molar-refractivity contribution is 5.86. The number of hydrogen-bond acceptors (Lipinski definition) is 2. The zero-order valence-corrected chi connectivity index (χ0v) is 13.2. The van der Waals surface area contributed by atoms with Gasteiger partial charge in [0.25, 0.3) is 0 Å². The molecule has 0 aliphatic carbocycles. The number of hydrogen-bond donors (Lipinski definition) is 0. The molecule has 2 aromatic heterocycles. The van der Waals surface area contributed by atoms with Crippen LogP contribution in [0.15, 0.2) is 61.2 Å². The number of aromatic nitrogens is 2. The van der Waals surface area contributed by atoms with Crippen LogP contribution in [-0.2, 0) is 23.1 Å². The Hall–Kier alpha value is -2.49. The highest BCUT2D eigenvalue weighted by Crippen LogP contribution is 2.15. The van der Waals surface area contributed by atoms with Crippen LogP contribution in [0.1, 0.15) is 13.3 Å². The summed E-state index contributed by atoms with van der Waals surface area (Å²) < 4.78 is 9.17. The molecule has 22 heavy (non-hydrogen) atoms. The van der Waals surface area contributed by atoms with Gasteiger partial charge in [0.1, 0.15) is 7.05 Å².